The third-order valence-corrected chi connectivity index (χ3v) is 4.96. The first kappa shape index (κ1) is 18.2. The molecule has 1 aliphatic rings. The topological polar surface area (TPSA) is 64.4 Å². The molecule has 2 heterocycles. The standard InChI is InChI=1S/C20H25N3O3/c1-22-19(24)11-10-18(21-22)20(25)23-12-4-6-16(14-23)9-8-15-5-3-7-17(13-15)26-2/h3,5,7,10-11,13,16H,4,6,8-9,12,14H2,1-2H3. The van der Waals surface area contributed by atoms with Gasteiger partial charge in [-0.1, -0.05) is 12.1 Å². The van der Waals surface area contributed by atoms with Gasteiger partial charge in [-0.25, -0.2) is 4.68 Å². The van der Waals surface area contributed by atoms with E-state index in [0.717, 1.165) is 44.5 Å². The maximum atomic E-state index is 12.7. The van der Waals surface area contributed by atoms with Crippen molar-refractivity contribution in [1.82, 2.24) is 14.7 Å². The van der Waals surface area contributed by atoms with Crippen molar-refractivity contribution in [1.29, 1.82) is 0 Å². The van der Waals surface area contributed by atoms with Gasteiger partial charge in [0.1, 0.15) is 11.4 Å². The summed E-state index contributed by atoms with van der Waals surface area (Å²) in [6, 6.07) is 11.1. The van der Waals surface area contributed by atoms with Crippen molar-refractivity contribution in [2.75, 3.05) is 20.2 Å². The van der Waals surface area contributed by atoms with Crippen LogP contribution in [0.4, 0.5) is 0 Å². The summed E-state index contributed by atoms with van der Waals surface area (Å²) in [4.78, 5) is 26.0. The first-order valence-corrected chi connectivity index (χ1v) is 9.03. The minimum atomic E-state index is -0.212. The lowest BCUT2D eigenvalue weighted by Gasteiger charge is -2.32. The van der Waals surface area contributed by atoms with Gasteiger partial charge in [-0.05, 0) is 55.4 Å². The van der Waals surface area contributed by atoms with E-state index in [1.165, 1.54) is 22.4 Å². The average molecular weight is 355 g/mol. The average Bonchev–Trinajstić information content (AvgIpc) is 2.68. The third kappa shape index (κ3) is 4.31. The number of rotatable bonds is 5. The molecule has 1 aromatic heterocycles. The molecule has 0 aliphatic carbocycles. The molecule has 0 N–H and O–H groups in total. The zero-order valence-corrected chi connectivity index (χ0v) is 15.4. The molecule has 0 bridgehead atoms. The summed E-state index contributed by atoms with van der Waals surface area (Å²) in [6.45, 7) is 1.49. The number of ether oxygens (including phenoxy) is 1. The Kier molecular flexibility index (Phi) is 5.71. The van der Waals surface area contributed by atoms with Gasteiger partial charge in [-0.3, -0.25) is 9.59 Å². The number of methoxy groups -OCH3 is 1. The van der Waals surface area contributed by atoms with E-state index < -0.39 is 0 Å². The zero-order valence-electron chi connectivity index (χ0n) is 15.4. The second-order valence-corrected chi connectivity index (χ2v) is 6.83. The highest BCUT2D eigenvalue weighted by atomic mass is 16.5. The van der Waals surface area contributed by atoms with Crippen LogP contribution in [-0.2, 0) is 13.5 Å². The molecule has 0 radical (unpaired) electrons. The Bertz CT molecular complexity index is 831. The maximum Gasteiger partial charge on any atom is 0.274 e. The fourth-order valence-electron chi connectivity index (χ4n) is 3.46. The summed E-state index contributed by atoms with van der Waals surface area (Å²) in [5.41, 5.74) is 1.38. The second kappa shape index (κ2) is 8.17. The largest absolute Gasteiger partial charge is 0.497 e. The normalized spacial score (nSPS) is 17.2. The van der Waals surface area contributed by atoms with Gasteiger partial charge >= 0.3 is 0 Å². The second-order valence-electron chi connectivity index (χ2n) is 6.83. The number of benzene rings is 1. The molecule has 0 saturated carbocycles. The molecule has 6 heteroatoms. The Balaban J connectivity index is 1.60. The van der Waals surface area contributed by atoms with Crippen LogP contribution < -0.4 is 10.3 Å². The number of hydrogen-bond donors (Lipinski definition) is 0. The molecule has 1 amide bonds. The van der Waals surface area contributed by atoms with E-state index in [-0.39, 0.29) is 11.5 Å². The van der Waals surface area contributed by atoms with Gasteiger partial charge < -0.3 is 9.64 Å². The quantitative estimate of drug-likeness (QED) is 0.825. The van der Waals surface area contributed by atoms with Gasteiger partial charge in [0.2, 0.25) is 0 Å². The van der Waals surface area contributed by atoms with Crippen molar-refractivity contribution in [2.24, 2.45) is 13.0 Å². The molecule has 1 atom stereocenters. The van der Waals surface area contributed by atoms with E-state index in [2.05, 4.69) is 17.2 Å². The van der Waals surface area contributed by atoms with E-state index in [1.807, 2.05) is 17.0 Å². The van der Waals surface area contributed by atoms with Crippen LogP contribution in [-0.4, -0.2) is 40.8 Å². The molecule has 3 rings (SSSR count). The lowest BCUT2D eigenvalue weighted by Crippen LogP contribution is -2.41. The smallest absolute Gasteiger partial charge is 0.274 e. The van der Waals surface area contributed by atoms with Crippen LogP contribution >= 0.6 is 0 Å². The van der Waals surface area contributed by atoms with Gasteiger partial charge in [0.15, 0.2) is 0 Å². The predicted molar refractivity (Wildman–Crippen MR) is 99.4 cm³/mol. The Morgan fingerprint density at radius 3 is 2.92 bits per heavy atom. The van der Waals surface area contributed by atoms with Crippen LogP contribution in [0.5, 0.6) is 5.75 Å². The lowest BCUT2D eigenvalue weighted by molar-refractivity contribution is 0.0660. The zero-order chi connectivity index (χ0) is 18.5. The molecule has 6 nitrogen and oxygen atoms in total. The van der Waals surface area contributed by atoms with Crippen molar-refractivity contribution in [2.45, 2.75) is 25.7 Å². The highest BCUT2D eigenvalue weighted by molar-refractivity contribution is 5.92. The van der Waals surface area contributed by atoms with Gasteiger partial charge in [-0.15, -0.1) is 0 Å². The van der Waals surface area contributed by atoms with Crippen LogP contribution in [0.25, 0.3) is 0 Å². The van der Waals surface area contributed by atoms with Gasteiger partial charge in [0, 0.05) is 26.2 Å². The van der Waals surface area contributed by atoms with Crippen LogP contribution in [0.2, 0.25) is 0 Å². The number of piperidine rings is 1. The summed E-state index contributed by atoms with van der Waals surface area (Å²) >= 11 is 0. The summed E-state index contributed by atoms with van der Waals surface area (Å²) in [7, 11) is 3.24. The number of aromatic nitrogens is 2. The van der Waals surface area contributed by atoms with Crippen molar-refractivity contribution in [3.8, 4) is 5.75 Å². The maximum absolute atomic E-state index is 12.7. The fraction of sp³-hybridized carbons (Fsp3) is 0.450. The number of carbonyl (C=O) groups is 1. The number of nitrogens with zero attached hydrogens (tertiary/aromatic N) is 3. The molecule has 1 aromatic carbocycles. The van der Waals surface area contributed by atoms with Gasteiger partial charge in [-0.2, -0.15) is 5.10 Å². The number of likely N-dealkylation sites (tertiary alicyclic amines) is 1. The molecule has 26 heavy (non-hydrogen) atoms. The Morgan fingerprint density at radius 1 is 1.31 bits per heavy atom. The van der Waals surface area contributed by atoms with E-state index in [4.69, 9.17) is 4.74 Å². The van der Waals surface area contributed by atoms with Crippen molar-refractivity contribution < 1.29 is 9.53 Å². The molecule has 1 fully saturated rings. The van der Waals surface area contributed by atoms with Crippen LogP contribution in [0, 0.1) is 5.92 Å². The minimum Gasteiger partial charge on any atom is -0.497 e. The molecule has 1 aliphatic heterocycles. The summed E-state index contributed by atoms with van der Waals surface area (Å²) < 4.78 is 6.48. The Hall–Kier alpha value is -2.63. The Morgan fingerprint density at radius 2 is 2.15 bits per heavy atom. The molecule has 138 valence electrons. The van der Waals surface area contributed by atoms with Gasteiger partial charge in [0.25, 0.3) is 11.5 Å². The van der Waals surface area contributed by atoms with Crippen molar-refractivity contribution in [3.05, 3.63) is 58.0 Å². The van der Waals surface area contributed by atoms with Crippen molar-refractivity contribution >= 4 is 5.91 Å². The molecular formula is C20H25N3O3. The molecular weight excluding hydrogens is 330 g/mol. The highest BCUT2D eigenvalue weighted by Gasteiger charge is 2.25. The van der Waals surface area contributed by atoms with Crippen LogP contribution in [0.15, 0.2) is 41.2 Å². The number of carbonyl (C=O) groups excluding carboxylic acids is 1. The van der Waals surface area contributed by atoms with Crippen LogP contribution in [0.3, 0.4) is 0 Å². The minimum absolute atomic E-state index is 0.0910. The lowest BCUT2D eigenvalue weighted by atomic mass is 9.91. The van der Waals surface area contributed by atoms with E-state index in [1.54, 1.807) is 14.2 Å². The molecule has 1 saturated heterocycles. The first-order chi connectivity index (χ1) is 12.6. The highest BCUT2D eigenvalue weighted by Crippen LogP contribution is 2.23. The third-order valence-electron chi connectivity index (χ3n) is 4.96. The van der Waals surface area contributed by atoms with Gasteiger partial charge in [0.05, 0.1) is 7.11 Å². The number of amides is 1. The molecule has 0 spiro atoms. The summed E-state index contributed by atoms with van der Waals surface area (Å²) in [5, 5.41) is 4.08. The Labute approximate surface area is 153 Å². The number of aryl methyl sites for hydroxylation is 2. The number of hydrogen-bond acceptors (Lipinski definition) is 4. The van der Waals surface area contributed by atoms with Crippen molar-refractivity contribution in [3.63, 3.8) is 0 Å². The molecule has 1 unspecified atom stereocenters. The fourth-order valence-corrected chi connectivity index (χ4v) is 3.46. The first-order valence-electron chi connectivity index (χ1n) is 9.03. The monoisotopic (exact) mass is 355 g/mol. The summed E-state index contributed by atoms with van der Waals surface area (Å²) in [5.74, 6) is 1.27. The molecule has 2 aromatic rings. The van der Waals surface area contributed by atoms with E-state index >= 15 is 0 Å². The van der Waals surface area contributed by atoms with E-state index in [9.17, 15) is 9.59 Å². The van der Waals surface area contributed by atoms with E-state index in [0.29, 0.717) is 11.6 Å². The van der Waals surface area contributed by atoms with Crippen LogP contribution in [0.1, 0.15) is 35.3 Å². The summed E-state index contributed by atoms with van der Waals surface area (Å²) in [6.07, 6.45) is 4.15. The predicted octanol–water partition coefficient (Wildman–Crippen LogP) is 2.27. The SMILES string of the molecule is COc1cccc(CCC2CCCN(C(=O)c3ccc(=O)n(C)n3)C2)c1.